The summed E-state index contributed by atoms with van der Waals surface area (Å²) in [6, 6.07) is 1.71. The van der Waals surface area contributed by atoms with Crippen LogP contribution in [0.15, 0.2) is 11.1 Å². The van der Waals surface area contributed by atoms with E-state index in [1.807, 2.05) is 0 Å². The quantitative estimate of drug-likeness (QED) is 0.661. The fourth-order valence-electron chi connectivity index (χ4n) is 1.33. The molecule has 0 aliphatic rings. The minimum atomic E-state index is -2.43. The number of aromatic nitrogens is 1. The highest BCUT2D eigenvalue weighted by atomic mass is 35.5. The zero-order valence-corrected chi connectivity index (χ0v) is 11.5. The Labute approximate surface area is 114 Å². The van der Waals surface area contributed by atoms with Gasteiger partial charge in [-0.1, -0.05) is 23.2 Å². The van der Waals surface area contributed by atoms with Crippen molar-refractivity contribution in [3.63, 3.8) is 0 Å². The third-order valence-electron chi connectivity index (χ3n) is 2.30. The Hall–Kier alpha value is -1.01. The van der Waals surface area contributed by atoms with Crippen LogP contribution in [0.1, 0.15) is 5.69 Å². The number of aliphatic imine (C=N–C) groups is 1. The largest absolute Gasteiger partial charge is 0.351 e. The van der Waals surface area contributed by atoms with Gasteiger partial charge in [-0.25, -0.2) is 8.78 Å². The number of hydrogen-bond donors (Lipinski definition) is 2. The molecule has 0 radical (unpaired) electrons. The molecule has 1 rings (SSSR count). The Balaban J connectivity index is 2.55. The molecule has 0 saturated carbocycles. The molecule has 0 unspecified atom stereocenters. The third-order valence-corrected chi connectivity index (χ3v) is 3.14. The first-order valence-electron chi connectivity index (χ1n) is 5.18. The molecular formula is C10H14Cl2F2N4. The lowest BCUT2D eigenvalue weighted by Crippen LogP contribution is -2.39. The van der Waals surface area contributed by atoms with Crippen LogP contribution in [0.25, 0.3) is 0 Å². The normalized spacial score (nSPS) is 12.1. The van der Waals surface area contributed by atoms with E-state index in [0.717, 1.165) is 5.69 Å². The molecule has 1 aromatic rings. The lowest BCUT2D eigenvalue weighted by atomic mass is 10.4. The van der Waals surface area contributed by atoms with E-state index in [9.17, 15) is 8.78 Å². The number of halogens is 4. The highest BCUT2D eigenvalue weighted by Gasteiger charge is 2.09. The van der Waals surface area contributed by atoms with E-state index in [1.54, 1.807) is 17.7 Å². The van der Waals surface area contributed by atoms with E-state index in [1.165, 1.54) is 7.05 Å². The second kappa shape index (κ2) is 6.80. The van der Waals surface area contributed by atoms with Gasteiger partial charge < -0.3 is 15.2 Å². The van der Waals surface area contributed by atoms with Gasteiger partial charge in [0.25, 0.3) is 6.43 Å². The van der Waals surface area contributed by atoms with Crippen molar-refractivity contribution in [1.82, 2.24) is 15.2 Å². The molecule has 18 heavy (non-hydrogen) atoms. The van der Waals surface area contributed by atoms with E-state index < -0.39 is 13.0 Å². The van der Waals surface area contributed by atoms with Crippen molar-refractivity contribution in [3.05, 3.63) is 21.9 Å². The predicted octanol–water partition coefficient (Wildman–Crippen LogP) is 2.26. The van der Waals surface area contributed by atoms with Crippen molar-refractivity contribution in [2.24, 2.45) is 12.0 Å². The van der Waals surface area contributed by atoms with Crippen LogP contribution < -0.4 is 10.6 Å². The number of rotatable bonds is 4. The second-order valence-electron chi connectivity index (χ2n) is 3.53. The summed E-state index contributed by atoms with van der Waals surface area (Å²) in [6.07, 6.45) is -2.43. The Kier molecular flexibility index (Phi) is 5.68. The topological polar surface area (TPSA) is 41.4 Å². The minimum Gasteiger partial charge on any atom is -0.351 e. The number of hydrogen-bond acceptors (Lipinski definition) is 1. The molecule has 0 spiro atoms. The molecule has 1 aromatic heterocycles. The van der Waals surface area contributed by atoms with Crippen LogP contribution in [-0.2, 0) is 13.6 Å². The number of nitrogens with zero attached hydrogens (tertiary/aromatic N) is 2. The Morgan fingerprint density at radius 3 is 2.56 bits per heavy atom. The summed E-state index contributed by atoms with van der Waals surface area (Å²) in [6.45, 7) is -0.0693. The van der Waals surface area contributed by atoms with Gasteiger partial charge in [-0.2, -0.15) is 0 Å². The second-order valence-corrected chi connectivity index (χ2v) is 4.30. The molecule has 8 heteroatoms. The summed E-state index contributed by atoms with van der Waals surface area (Å²) in [7, 11) is 3.27. The molecule has 0 saturated heterocycles. The highest BCUT2D eigenvalue weighted by molar-refractivity contribution is 6.41. The molecule has 4 nitrogen and oxygen atoms in total. The summed E-state index contributed by atoms with van der Waals surface area (Å²) < 4.78 is 25.8. The van der Waals surface area contributed by atoms with Gasteiger partial charge in [0.1, 0.15) is 5.15 Å². The van der Waals surface area contributed by atoms with Crippen LogP contribution in [0.2, 0.25) is 10.2 Å². The van der Waals surface area contributed by atoms with Crippen molar-refractivity contribution in [2.75, 3.05) is 13.6 Å². The highest BCUT2D eigenvalue weighted by Crippen LogP contribution is 2.24. The molecule has 0 aliphatic heterocycles. The lowest BCUT2D eigenvalue weighted by Gasteiger charge is -2.12. The first-order valence-corrected chi connectivity index (χ1v) is 5.93. The van der Waals surface area contributed by atoms with E-state index in [4.69, 9.17) is 23.2 Å². The number of nitrogens with one attached hydrogen (secondary N) is 2. The molecule has 0 atom stereocenters. The van der Waals surface area contributed by atoms with Gasteiger partial charge in [-0.3, -0.25) is 4.99 Å². The zero-order chi connectivity index (χ0) is 13.7. The van der Waals surface area contributed by atoms with E-state index in [2.05, 4.69) is 15.6 Å². The van der Waals surface area contributed by atoms with Crippen molar-refractivity contribution < 1.29 is 8.78 Å². The summed E-state index contributed by atoms with van der Waals surface area (Å²) in [5.74, 6) is 0.295. The fourth-order valence-corrected chi connectivity index (χ4v) is 1.74. The molecule has 0 fully saturated rings. The standard InChI is InChI=1S/C10H14Cl2F2N4/c1-15-10(17-5-8(13)14)16-4-6-3-7(11)9(12)18(6)2/h3,8H,4-5H2,1-2H3,(H2,15,16,17). The summed E-state index contributed by atoms with van der Waals surface area (Å²) in [4.78, 5) is 3.82. The van der Waals surface area contributed by atoms with Crippen molar-refractivity contribution in [1.29, 1.82) is 0 Å². The van der Waals surface area contributed by atoms with Crippen molar-refractivity contribution in [3.8, 4) is 0 Å². The van der Waals surface area contributed by atoms with Crippen LogP contribution in [0.4, 0.5) is 8.78 Å². The van der Waals surface area contributed by atoms with Crippen molar-refractivity contribution >= 4 is 29.2 Å². The van der Waals surface area contributed by atoms with Gasteiger partial charge >= 0.3 is 0 Å². The molecule has 0 aromatic carbocycles. The molecule has 1 heterocycles. The van der Waals surface area contributed by atoms with Crippen LogP contribution in [-0.4, -0.2) is 30.5 Å². The maximum Gasteiger partial charge on any atom is 0.255 e. The summed E-state index contributed by atoms with van der Waals surface area (Å²) in [5.41, 5.74) is 0.824. The van der Waals surface area contributed by atoms with Gasteiger partial charge in [0, 0.05) is 19.8 Å². The molecule has 102 valence electrons. The molecular weight excluding hydrogens is 285 g/mol. The van der Waals surface area contributed by atoms with Gasteiger partial charge in [-0.05, 0) is 6.07 Å². The Morgan fingerprint density at radius 1 is 1.44 bits per heavy atom. The van der Waals surface area contributed by atoms with Crippen molar-refractivity contribution in [2.45, 2.75) is 13.0 Å². The third kappa shape index (κ3) is 4.03. The average molecular weight is 299 g/mol. The zero-order valence-electron chi connectivity index (χ0n) is 9.98. The Bertz CT molecular complexity index is 432. The molecule has 0 amide bonds. The van der Waals surface area contributed by atoms with Crippen LogP contribution in [0.3, 0.4) is 0 Å². The maximum absolute atomic E-state index is 12.0. The van der Waals surface area contributed by atoms with E-state index in [-0.39, 0.29) is 0 Å². The summed E-state index contributed by atoms with van der Waals surface area (Å²) >= 11 is 11.8. The van der Waals surface area contributed by atoms with Crippen LogP contribution in [0.5, 0.6) is 0 Å². The molecule has 0 aliphatic carbocycles. The lowest BCUT2D eigenvalue weighted by molar-refractivity contribution is 0.152. The fraction of sp³-hybridized carbons (Fsp3) is 0.500. The van der Waals surface area contributed by atoms with Crippen LogP contribution in [0, 0.1) is 0 Å². The number of guanidine groups is 1. The minimum absolute atomic E-state index is 0.295. The Morgan fingerprint density at radius 2 is 2.11 bits per heavy atom. The molecule has 0 bridgehead atoms. The van der Waals surface area contributed by atoms with E-state index in [0.29, 0.717) is 22.7 Å². The number of alkyl halides is 2. The first-order chi connectivity index (χ1) is 8.45. The predicted molar refractivity (Wildman–Crippen MR) is 69.6 cm³/mol. The summed E-state index contributed by atoms with van der Waals surface area (Å²) in [5, 5.41) is 6.27. The van der Waals surface area contributed by atoms with E-state index >= 15 is 0 Å². The first kappa shape index (κ1) is 15.0. The maximum atomic E-state index is 12.0. The monoisotopic (exact) mass is 298 g/mol. The van der Waals surface area contributed by atoms with Crippen LogP contribution >= 0.6 is 23.2 Å². The van der Waals surface area contributed by atoms with Gasteiger partial charge in [0.05, 0.1) is 18.1 Å². The van der Waals surface area contributed by atoms with Gasteiger partial charge in [0.15, 0.2) is 5.96 Å². The average Bonchev–Trinajstić information content (AvgIpc) is 2.57. The van der Waals surface area contributed by atoms with Gasteiger partial charge in [-0.15, -0.1) is 0 Å². The smallest absolute Gasteiger partial charge is 0.255 e. The SMILES string of the molecule is CN=C(NCc1cc(Cl)c(Cl)n1C)NCC(F)F. The molecule has 2 N–H and O–H groups in total. The van der Waals surface area contributed by atoms with Gasteiger partial charge in [0.2, 0.25) is 0 Å².